The van der Waals surface area contributed by atoms with Gasteiger partial charge in [0.1, 0.15) is 11.2 Å². The van der Waals surface area contributed by atoms with Gasteiger partial charge in [-0.15, -0.1) is 0 Å². The number of pyridine rings is 1. The number of halogens is 2. The Bertz CT molecular complexity index is 538. The zero-order chi connectivity index (χ0) is 14.7. The number of piperidine rings is 1. The average Bonchev–Trinajstić information content (AvgIpc) is 2.48. The van der Waals surface area contributed by atoms with Crippen LogP contribution >= 0.6 is 27.5 Å². The van der Waals surface area contributed by atoms with Crippen molar-refractivity contribution in [3.8, 4) is 0 Å². The van der Waals surface area contributed by atoms with Crippen molar-refractivity contribution in [2.24, 2.45) is 0 Å². The van der Waals surface area contributed by atoms with Crippen molar-refractivity contribution in [1.29, 1.82) is 0 Å². The quantitative estimate of drug-likeness (QED) is 0.600. The van der Waals surface area contributed by atoms with E-state index < -0.39 is 12.0 Å². The van der Waals surface area contributed by atoms with Crippen molar-refractivity contribution < 1.29 is 14.3 Å². The second-order valence-corrected chi connectivity index (χ2v) is 5.80. The highest BCUT2D eigenvalue weighted by atomic mass is 79.9. The second kappa shape index (κ2) is 6.54. The summed E-state index contributed by atoms with van der Waals surface area (Å²) in [6.07, 6.45) is 3.89. The first-order valence-electron chi connectivity index (χ1n) is 6.24. The molecule has 0 spiro atoms. The van der Waals surface area contributed by atoms with Crippen LogP contribution in [-0.4, -0.2) is 41.5 Å². The van der Waals surface area contributed by atoms with Crippen LogP contribution in [0.3, 0.4) is 0 Å². The first-order valence-corrected chi connectivity index (χ1v) is 7.41. The summed E-state index contributed by atoms with van der Waals surface area (Å²) in [6, 6.07) is 1.07. The molecule has 1 atom stereocenters. The van der Waals surface area contributed by atoms with Crippen molar-refractivity contribution in [2.45, 2.75) is 25.3 Å². The molecule has 0 aliphatic carbocycles. The number of nitrogens with zero attached hydrogens (tertiary/aromatic N) is 2. The molecule has 0 radical (unpaired) electrons. The molecule has 0 unspecified atom stereocenters. The largest absolute Gasteiger partial charge is 0.467 e. The SMILES string of the molecule is COC(=O)[C@H]1CCCCN1C(=O)c1cc(Br)cnc1Cl. The van der Waals surface area contributed by atoms with E-state index in [4.69, 9.17) is 16.3 Å². The Balaban J connectivity index is 2.30. The molecule has 1 fully saturated rings. The molecule has 7 heteroatoms. The zero-order valence-electron chi connectivity index (χ0n) is 10.9. The van der Waals surface area contributed by atoms with Gasteiger partial charge >= 0.3 is 5.97 Å². The first-order chi connectivity index (χ1) is 9.54. The van der Waals surface area contributed by atoms with Crippen LogP contribution in [0.1, 0.15) is 29.6 Å². The molecule has 0 bridgehead atoms. The monoisotopic (exact) mass is 360 g/mol. The van der Waals surface area contributed by atoms with Crippen LogP contribution in [0.2, 0.25) is 5.15 Å². The van der Waals surface area contributed by atoms with E-state index in [-0.39, 0.29) is 16.6 Å². The molecule has 2 heterocycles. The Labute approximate surface area is 130 Å². The number of amides is 1. The van der Waals surface area contributed by atoms with Crippen molar-refractivity contribution in [3.63, 3.8) is 0 Å². The molecular formula is C13H14BrClN2O3. The van der Waals surface area contributed by atoms with Crippen molar-refractivity contribution in [2.75, 3.05) is 13.7 Å². The number of likely N-dealkylation sites (tertiary alicyclic amines) is 1. The molecule has 1 aliphatic heterocycles. The number of aromatic nitrogens is 1. The van der Waals surface area contributed by atoms with Crippen LogP contribution in [0.4, 0.5) is 0 Å². The smallest absolute Gasteiger partial charge is 0.328 e. The Morgan fingerprint density at radius 3 is 2.95 bits per heavy atom. The number of carbonyl (C=O) groups excluding carboxylic acids is 2. The Hall–Kier alpha value is -1.14. The molecule has 1 aromatic heterocycles. The zero-order valence-corrected chi connectivity index (χ0v) is 13.3. The summed E-state index contributed by atoms with van der Waals surface area (Å²) in [5, 5.41) is 0.132. The first kappa shape index (κ1) is 15.3. The van der Waals surface area contributed by atoms with E-state index in [0.29, 0.717) is 17.4 Å². The lowest BCUT2D eigenvalue weighted by Crippen LogP contribution is -2.48. The molecule has 20 heavy (non-hydrogen) atoms. The predicted molar refractivity (Wildman–Crippen MR) is 77.6 cm³/mol. The third-order valence-corrected chi connectivity index (χ3v) is 4.01. The van der Waals surface area contributed by atoms with Gasteiger partial charge in [-0.2, -0.15) is 0 Å². The minimum Gasteiger partial charge on any atom is -0.467 e. The van der Waals surface area contributed by atoms with Crippen LogP contribution in [0.15, 0.2) is 16.7 Å². The highest BCUT2D eigenvalue weighted by molar-refractivity contribution is 9.10. The molecular weight excluding hydrogens is 348 g/mol. The van der Waals surface area contributed by atoms with Crippen molar-refractivity contribution in [3.05, 3.63) is 27.5 Å². The highest BCUT2D eigenvalue weighted by Crippen LogP contribution is 2.24. The van der Waals surface area contributed by atoms with Gasteiger partial charge in [-0.1, -0.05) is 11.6 Å². The fraction of sp³-hybridized carbons (Fsp3) is 0.462. The number of ether oxygens (including phenoxy) is 1. The molecule has 0 saturated carbocycles. The second-order valence-electron chi connectivity index (χ2n) is 4.53. The number of rotatable bonds is 2. The minimum absolute atomic E-state index is 0.132. The van der Waals surface area contributed by atoms with Gasteiger partial charge in [0.05, 0.1) is 12.7 Å². The maximum absolute atomic E-state index is 12.6. The van der Waals surface area contributed by atoms with E-state index in [2.05, 4.69) is 20.9 Å². The van der Waals surface area contributed by atoms with Crippen molar-refractivity contribution in [1.82, 2.24) is 9.88 Å². The summed E-state index contributed by atoms with van der Waals surface area (Å²) in [4.78, 5) is 29.8. The summed E-state index contributed by atoms with van der Waals surface area (Å²) >= 11 is 9.24. The summed E-state index contributed by atoms with van der Waals surface area (Å²) in [5.74, 6) is -0.684. The van der Waals surface area contributed by atoms with Gasteiger partial charge < -0.3 is 9.64 Å². The topological polar surface area (TPSA) is 59.5 Å². The molecule has 1 saturated heterocycles. The number of hydrogen-bond donors (Lipinski definition) is 0. The van der Waals surface area contributed by atoms with Crippen LogP contribution in [0, 0.1) is 0 Å². The Morgan fingerprint density at radius 1 is 1.50 bits per heavy atom. The van der Waals surface area contributed by atoms with Crippen LogP contribution in [0.25, 0.3) is 0 Å². The van der Waals surface area contributed by atoms with Gasteiger partial charge in [0.15, 0.2) is 0 Å². The van der Waals surface area contributed by atoms with E-state index >= 15 is 0 Å². The summed E-state index contributed by atoms with van der Waals surface area (Å²) in [6.45, 7) is 0.515. The molecule has 0 N–H and O–H groups in total. The fourth-order valence-electron chi connectivity index (χ4n) is 2.28. The van der Waals surface area contributed by atoms with Gasteiger partial charge in [0.25, 0.3) is 5.91 Å². The molecule has 2 rings (SSSR count). The standard InChI is InChI=1S/C13H14BrClN2O3/c1-20-13(19)10-4-2-3-5-17(10)12(18)9-6-8(14)7-16-11(9)15/h6-7,10H,2-5H2,1H3/t10-/m1/s1. The van der Waals surface area contributed by atoms with E-state index in [1.54, 1.807) is 6.07 Å². The lowest BCUT2D eigenvalue weighted by atomic mass is 10.0. The summed E-state index contributed by atoms with van der Waals surface area (Å²) in [7, 11) is 1.33. The van der Waals surface area contributed by atoms with Gasteiger partial charge in [0, 0.05) is 17.2 Å². The predicted octanol–water partition coefficient (Wildman–Crippen LogP) is 2.67. The van der Waals surface area contributed by atoms with Gasteiger partial charge in [-0.25, -0.2) is 9.78 Å². The number of carbonyl (C=O) groups is 2. The number of esters is 1. The Morgan fingerprint density at radius 2 is 2.25 bits per heavy atom. The van der Waals surface area contributed by atoms with Crippen LogP contribution in [-0.2, 0) is 9.53 Å². The highest BCUT2D eigenvalue weighted by Gasteiger charge is 2.34. The molecule has 1 aliphatic rings. The van der Waals surface area contributed by atoms with Crippen LogP contribution in [0.5, 0.6) is 0 Å². The fourth-order valence-corrected chi connectivity index (χ4v) is 2.80. The normalized spacial score (nSPS) is 18.8. The van der Waals surface area contributed by atoms with Crippen molar-refractivity contribution >= 4 is 39.4 Å². The molecule has 5 nitrogen and oxygen atoms in total. The lowest BCUT2D eigenvalue weighted by Gasteiger charge is -2.33. The maximum atomic E-state index is 12.6. The maximum Gasteiger partial charge on any atom is 0.328 e. The van der Waals surface area contributed by atoms with Gasteiger partial charge in [-0.05, 0) is 41.3 Å². The van der Waals surface area contributed by atoms with Gasteiger partial charge in [-0.3, -0.25) is 4.79 Å². The molecule has 1 aromatic rings. The van der Waals surface area contributed by atoms with E-state index in [0.717, 1.165) is 12.8 Å². The van der Waals surface area contributed by atoms with E-state index in [1.165, 1.54) is 18.2 Å². The third kappa shape index (κ3) is 3.12. The lowest BCUT2D eigenvalue weighted by molar-refractivity contribution is -0.147. The van der Waals surface area contributed by atoms with E-state index in [1.807, 2.05) is 0 Å². The van der Waals surface area contributed by atoms with E-state index in [9.17, 15) is 9.59 Å². The number of methoxy groups -OCH3 is 1. The minimum atomic E-state index is -0.545. The average molecular weight is 362 g/mol. The van der Waals surface area contributed by atoms with Gasteiger partial charge in [0.2, 0.25) is 0 Å². The Kier molecular flexibility index (Phi) is 4.99. The summed E-state index contributed by atoms with van der Waals surface area (Å²) in [5.41, 5.74) is 0.289. The summed E-state index contributed by atoms with van der Waals surface area (Å²) < 4.78 is 5.43. The molecule has 108 valence electrons. The van der Waals surface area contributed by atoms with Crippen LogP contribution < -0.4 is 0 Å². The number of hydrogen-bond acceptors (Lipinski definition) is 4. The third-order valence-electron chi connectivity index (χ3n) is 3.27. The molecule has 0 aromatic carbocycles. The molecule has 1 amide bonds.